The minimum absolute atomic E-state index is 0.0153. The monoisotopic (exact) mass is 318 g/mol. The van der Waals surface area contributed by atoms with E-state index >= 15 is 0 Å². The molecule has 1 aliphatic heterocycles. The molecule has 0 aliphatic carbocycles. The van der Waals surface area contributed by atoms with Crippen LogP contribution in [0.15, 0.2) is 42.6 Å². The van der Waals surface area contributed by atoms with Gasteiger partial charge in [-0.3, -0.25) is 0 Å². The molecule has 0 bridgehead atoms. The molecule has 22 heavy (non-hydrogen) atoms. The number of rotatable bonds is 4. The van der Waals surface area contributed by atoms with Gasteiger partial charge in [-0.1, -0.05) is 29.8 Å². The molecule has 2 aromatic rings. The molecule has 1 unspecified atom stereocenters. The number of aromatic carboxylic acids is 1. The van der Waals surface area contributed by atoms with E-state index in [9.17, 15) is 9.90 Å². The van der Waals surface area contributed by atoms with Crippen molar-refractivity contribution < 1.29 is 14.6 Å². The lowest BCUT2D eigenvalue weighted by Gasteiger charge is -2.19. The number of pyridine rings is 1. The number of aromatic nitrogens is 1. The van der Waals surface area contributed by atoms with Gasteiger partial charge in [-0.25, -0.2) is 9.78 Å². The maximum absolute atomic E-state index is 11.3. The molecule has 1 aromatic heterocycles. The normalized spacial score (nSPS) is 17.5. The Morgan fingerprint density at radius 3 is 2.86 bits per heavy atom. The second kappa shape index (κ2) is 6.23. The van der Waals surface area contributed by atoms with E-state index in [0.29, 0.717) is 23.9 Å². The zero-order valence-corrected chi connectivity index (χ0v) is 12.5. The average molecular weight is 319 g/mol. The van der Waals surface area contributed by atoms with E-state index in [2.05, 4.69) is 4.98 Å². The molecule has 114 valence electrons. The van der Waals surface area contributed by atoms with E-state index < -0.39 is 5.97 Å². The van der Waals surface area contributed by atoms with Crippen molar-refractivity contribution in [2.24, 2.45) is 0 Å². The number of benzene rings is 1. The van der Waals surface area contributed by atoms with E-state index in [4.69, 9.17) is 16.3 Å². The number of carboxylic acid groups (broad SMARTS) is 1. The first-order chi connectivity index (χ1) is 10.6. The Balaban J connectivity index is 1.74. The van der Waals surface area contributed by atoms with Crippen LogP contribution in [-0.2, 0) is 0 Å². The van der Waals surface area contributed by atoms with E-state index in [1.165, 1.54) is 12.3 Å². The van der Waals surface area contributed by atoms with Gasteiger partial charge in [-0.05, 0) is 18.2 Å². The highest BCUT2D eigenvalue weighted by Gasteiger charge is 2.28. The van der Waals surface area contributed by atoms with Gasteiger partial charge in [0.15, 0.2) is 0 Å². The fraction of sp³-hybridized carbons (Fsp3) is 0.250. The standard InChI is InChI=1S/C16H15ClN2O3/c17-11-8-14(16(20)21)15(18-9-11)19-7-6-13(10-19)22-12-4-2-1-3-5-12/h1-5,8-9,13H,6-7,10H2,(H,20,21). The molecule has 1 atom stereocenters. The van der Waals surface area contributed by atoms with Gasteiger partial charge in [-0.15, -0.1) is 0 Å². The van der Waals surface area contributed by atoms with Gasteiger partial charge >= 0.3 is 5.97 Å². The van der Waals surface area contributed by atoms with Crippen LogP contribution in [-0.4, -0.2) is 35.3 Å². The van der Waals surface area contributed by atoms with Crippen molar-refractivity contribution in [1.82, 2.24) is 4.98 Å². The molecule has 0 spiro atoms. The van der Waals surface area contributed by atoms with Gasteiger partial charge in [0.05, 0.1) is 11.6 Å². The van der Waals surface area contributed by atoms with E-state index in [0.717, 1.165) is 12.2 Å². The Morgan fingerprint density at radius 1 is 1.36 bits per heavy atom. The van der Waals surface area contributed by atoms with Crippen molar-refractivity contribution in [2.45, 2.75) is 12.5 Å². The molecule has 6 heteroatoms. The van der Waals surface area contributed by atoms with Crippen molar-refractivity contribution >= 4 is 23.4 Å². The lowest BCUT2D eigenvalue weighted by molar-refractivity contribution is 0.0697. The fourth-order valence-corrected chi connectivity index (χ4v) is 2.71. The summed E-state index contributed by atoms with van der Waals surface area (Å²) in [6.45, 7) is 1.30. The van der Waals surface area contributed by atoms with E-state index in [1.54, 1.807) is 0 Å². The number of hydrogen-bond acceptors (Lipinski definition) is 4. The summed E-state index contributed by atoms with van der Waals surface area (Å²) < 4.78 is 5.91. The minimum atomic E-state index is -1.03. The molecule has 1 N–H and O–H groups in total. The van der Waals surface area contributed by atoms with Crippen molar-refractivity contribution in [1.29, 1.82) is 0 Å². The highest BCUT2D eigenvalue weighted by atomic mass is 35.5. The topological polar surface area (TPSA) is 62.7 Å². The van der Waals surface area contributed by atoms with Crippen LogP contribution in [0.5, 0.6) is 5.75 Å². The summed E-state index contributed by atoms with van der Waals surface area (Å²) in [5.41, 5.74) is 0.118. The SMILES string of the molecule is O=C(O)c1cc(Cl)cnc1N1CCC(Oc2ccccc2)C1. The van der Waals surface area contributed by atoms with Crippen LogP contribution in [0.1, 0.15) is 16.8 Å². The summed E-state index contributed by atoms with van der Waals surface area (Å²) in [4.78, 5) is 17.5. The molecular formula is C16H15ClN2O3. The zero-order chi connectivity index (χ0) is 15.5. The van der Waals surface area contributed by atoms with E-state index in [1.807, 2.05) is 35.2 Å². The predicted octanol–water partition coefficient (Wildman–Crippen LogP) is 3.09. The number of nitrogens with zero attached hydrogens (tertiary/aromatic N) is 2. The van der Waals surface area contributed by atoms with Crippen LogP contribution in [0, 0.1) is 0 Å². The quantitative estimate of drug-likeness (QED) is 0.938. The van der Waals surface area contributed by atoms with Gasteiger partial charge in [0.25, 0.3) is 0 Å². The summed E-state index contributed by atoms with van der Waals surface area (Å²) in [7, 11) is 0. The number of carbonyl (C=O) groups is 1. The maximum Gasteiger partial charge on any atom is 0.339 e. The van der Waals surface area contributed by atoms with Crippen LogP contribution in [0.25, 0.3) is 0 Å². The lowest BCUT2D eigenvalue weighted by Crippen LogP contribution is -2.26. The summed E-state index contributed by atoms with van der Waals surface area (Å²) in [5, 5.41) is 9.61. The zero-order valence-electron chi connectivity index (χ0n) is 11.8. The van der Waals surface area contributed by atoms with E-state index in [-0.39, 0.29) is 11.7 Å². The Bertz CT molecular complexity index is 678. The van der Waals surface area contributed by atoms with Gasteiger partial charge in [0.2, 0.25) is 0 Å². The van der Waals surface area contributed by atoms with Crippen LogP contribution < -0.4 is 9.64 Å². The van der Waals surface area contributed by atoms with Crippen molar-refractivity contribution in [3.8, 4) is 5.75 Å². The highest BCUT2D eigenvalue weighted by Crippen LogP contribution is 2.26. The largest absolute Gasteiger partial charge is 0.489 e. The number of halogens is 1. The Hall–Kier alpha value is -2.27. The second-order valence-corrected chi connectivity index (χ2v) is 5.55. The summed E-state index contributed by atoms with van der Waals surface area (Å²) >= 11 is 5.83. The number of hydrogen-bond donors (Lipinski definition) is 1. The van der Waals surface area contributed by atoms with Crippen LogP contribution in [0.3, 0.4) is 0 Å². The molecule has 1 aromatic carbocycles. The first-order valence-corrected chi connectivity index (χ1v) is 7.37. The molecule has 1 fully saturated rings. The Labute approximate surface area is 133 Å². The molecule has 1 aliphatic rings. The van der Waals surface area contributed by atoms with Gasteiger partial charge in [-0.2, -0.15) is 0 Å². The molecule has 0 saturated carbocycles. The number of para-hydroxylation sites is 1. The summed E-state index contributed by atoms with van der Waals surface area (Å²) in [6.07, 6.45) is 2.30. The van der Waals surface area contributed by atoms with Crippen LogP contribution in [0.2, 0.25) is 5.02 Å². The summed E-state index contributed by atoms with van der Waals surface area (Å²) in [5.74, 6) is 0.227. The lowest BCUT2D eigenvalue weighted by atomic mass is 10.2. The third kappa shape index (κ3) is 3.14. The third-order valence-corrected chi connectivity index (χ3v) is 3.76. The van der Waals surface area contributed by atoms with Crippen molar-refractivity contribution in [3.63, 3.8) is 0 Å². The minimum Gasteiger partial charge on any atom is -0.489 e. The molecule has 0 amide bonds. The molecule has 0 radical (unpaired) electrons. The predicted molar refractivity (Wildman–Crippen MR) is 83.9 cm³/mol. The first-order valence-electron chi connectivity index (χ1n) is 6.99. The van der Waals surface area contributed by atoms with Crippen LogP contribution in [0.4, 0.5) is 5.82 Å². The molecule has 1 saturated heterocycles. The smallest absolute Gasteiger partial charge is 0.339 e. The third-order valence-electron chi connectivity index (χ3n) is 3.55. The van der Waals surface area contributed by atoms with Crippen molar-refractivity contribution in [3.05, 3.63) is 53.2 Å². The average Bonchev–Trinajstić information content (AvgIpc) is 2.96. The van der Waals surface area contributed by atoms with Crippen LogP contribution >= 0.6 is 11.6 Å². The van der Waals surface area contributed by atoms with Gasteiger partial charge in [0, 0.05) is 19.2 Å². The molecule has 2 heterocycles. The maximum atomic E-state index is 11.3. The fourth-order valence-electron chi connectivity index (χ4n) is 2.55. The van der Waals surface area contributed by atoms with Gasteiger partial charge in [0.1, 0.15) is 23.2 Å². The first kappa shape index (κ1) is 14.7. The molecule has 3 rings (SSSR count). The summed E-state index contributed by atoms with van der Waals surface area (Å²) in [6, 6.07) is 11.0. The molecular weight excluding hydrogens is 304 g/mol. The Kier molecular flexibility index (Phi) is 4.15. The van der Waals surface area contributed by atoms with Gasteiger partial charge < -0.3 is 14.7 Å². The van der Waals surface area contributed by atoms with Crippen molar-refractivity contribution in [2.75, 3.05) is 18.0 Å². The second-order valence-electron chi connectivity index (χ2n) is 5.12. The number of carboxylic acids is 1. The highest BCUT2D eigenvalue weighted by molar-refractivity contribution is 6.30. The number of ether oxygens (including phenoxy) is 1. The Morgan fingerprint density at radius 2 is 2.14 bits per heavy atom. The number of anilines is 1. The molecule has 5 nitrogen and oxygen atoms in total.